The third-order valence-electron chi connectivity index (χ3n) is 3.60. The highest BCUT2D eigenvalue weighted by molar-refractivity contribution is 9.10. The summed E-state index contributed by atoms with van der Waals surface area (Å²) in [6.07, 6.45) is 1.18. The monoisotopic (exact) mass is 331 g/mol. The summed E-state index contributed by atoms with van der Waals surface area (Å²) >= 11 is 9.95. The minimum Gasteiger partial charge on any atom is -0.497 e. The third kappa shape index (κ3) is 3.40. The normalized spacial score (nSPS) is 25.1. The summed E-state index contributed by atoms with van der Waals surface area (Å²) in [6, 6.07) is 6.10. The van der Waals surface area contributed by atoms with Crippen molar-refractivity contribution < 1.29 is 4.74 Å². The van der Waals surface area contributed by atoms with Gasteiger partial charge in [0.1, 0.15) is 5.75 Å². The Balaban J connectivity index is 2.05. The fraction of sp³-hybridized carbons (Fsp3) is 0.571. The van der Waals surface area contributed by atoms with Crippen molar-refractivity contribution in [2.24, 2.45) is 5.92 Å². The van der Waals surface area contributed by atoms with E-state index in [4.69, 9.17) is 16.3 Å². The fourth-order valence-electron chi connectivity index (χ4n) is 2.27. The van der Waals surface area contributed by atoms with E-state index in [9.17, 15) is 0 Å². The number of benzene rings is 1. The molecule has 4 heteroatoms. The predicted molar refractivity (Wildman–Crippen MR) is 79.4 cm³/mol. The van der Waals surface area contributed by atoms with Gasteiger partial charge in [-0.15, -0.1) is 11.6 Å². The van der Waals surface area contributed by atoms with E-state index in [0.717, 1.165) is 29.9 Å². The molecular weight excluding hydrogens is 314 g/mol. The Morgan fingerprint density at radius 2 is 2.28 bits per heavy atom. The number of alkyl halides is 1. The summed E-state index contributed by atoms with van der Waals surface area (Å²) in [5.41, 5.74) is 1.26. The molecule has 2 rings (SSSR count). The van der Waals surface area contributed by atoms with Crippen LogP contribution >= 0.6 is 27.5 Å². The molecular formula is C14H19BrClNO. The fourth-order valence-corrected chi connectivity index (χ4v) is 2.96. The lowest BCUT2D eigenvalue weighted by molar-refractivity contribution is 0.189. The molecule has 2 unspecified atom stereocenters. The number of hydrogen-bond acceptors (Lipinski definition) is 2. The molecule has 1 aromatic carbocycles. The SMILES string of the molecule is COc1ccc(Br)c(CN2CCC(C)C(Cl)C2)c1. The van der Waals surface area contributed by atoms with Crippen molar-refractivity contribution in [3.05, 3.63) is 28.2 Å². The Kier molecular flexibility index (Phi) is 4.93. The molecule has 0 aliphatic carbocycles. The molecule has 1 saturated heterocycles. The van der Waals surface area contributed by atoms with E-state index >= 15 is 0 Å². The second kappa shape index (κ2) is 6.27. The van der Waals surface area contributed by atoms with Crippen LogP contribution in [0.2, 0.25) is 0 Å². The van der Waals surface area contributed by atoms with Crippen molar-refractivity contribution in [2.45, 2.75) is 25.3 Å². The summed E-state index contributed by atoms with van der Waals surface area (Å²) in [6.45, 7) is 5.24. The number of rotatable bonds is 3. The lowest BCUT2D eigenvalue weighted by Crippen LogP contribution is -2.39. The van der Waals surface area contributed by atoms with Gasteiger partial charge in [-0.05, 0) is 42.6 Å². The van der Waals surface area contributed by atoms with Gasteiger partial charge >= 0.3 is 0 Å². The molecule has 1 aliphatic heterocycles. The molecule has 1 aromatic rings. The van der Waals surface area contributed by atoms with Crippen LogP contribution in [0, 0.1) is 5.92 Å². The second-order valence-corrected chi connectivity index (χ2v) is 6.39. The van der Waals surface area contributed by atoms with Gasteiger partial charge in [0, 0.05) is 22.9 Å². The molecule has 2 nitrogen and oxygen atoms in total. The van der Waals surface area contributed by atoms with Crippen molar-refractivity contribution in [2.75, 3.05) is 20.2 Å². The van der Waals surface area contributed by atoms with Gasteiger partial charge in [-0.2, -0.15) is 0 Å². The predicted octanol–water partition coefficient (Wildman–Crippen LogP) is 3.91. The van der Waals surface area contributed by atoms with Crippen molar-refractivity contribution >= 4 is 27.5 Å². The lowest BCUT2D eigenvalue weighted by Gasteiger charge is -2.34. The largest absolute Gasteiger partial charge is 0.497 e. The first-order chi connectivity index (χ1) is 8.60. The van der Waals surface area contributed by atoms with E-state index in [-0.39, 0.29) is 5.38 Å². The number of nitrogens with zero attached hydrogens (tertiary/aromatic N) is 1. The van der Waals surface area contributed by atoms with Crippen LogP contribution in [-0.4, -0.2) is 30.5 Å². The van der Waals surface area contributed by atoms with E-state index in [0.29, 0.717) is 5.92 Å². The van der Waals surface area contributed by atoms with Gasteiger partial charge in [0.2, 0.25) is 0 Å². The molecule has 0 spiro atoms. The molecule has 0 amide bonds. The minimum absolute atomic E-state index is 0.267. The zero-order valence-corrected chi connectivity index (χ0v) is 13.2. The standard InChI is InChI=1S/C14H19BrClNO/c1-10-5-6-17(9-14(10)16)8-11-7-12(18-2)3-4-13(11)15/h3-4,7,10,14H,5-6,8-9H2,1-2H3. The van der Waals surface area contributed by atoms with Crippen LogP contribution in [0.1, 0.15) is 18.9 Å². The number of halogens is 2. The van der Waals surface area contributed by atoms with Crippen molar-refractivity contribution in [1.29, 1.82) is 0 Å². The van der Waals surface area contributed by atoms with E-state index in [2.05, 4.69) is 33.8 Å². The average molecular weight is 333 g/mol. The summed E-state index contributed by atoms with van der Waals surface area (Å²) < 4.78 is 6.40. The highest BCUT2D eigenvalue weighted by Crippen LogP contribution is 2.27. The van der Waals surface area contributed by atoms with Crippen LogP contribution in [0.15, 0.2) is 22.7 Å². The topological polar surface area (TPSA) is 12.5 Å². The summed E-state index contributed by atoms with van der Waals surface area (Å²) in [5, 5.41) is 0.267. The molecule has 2 atom stereocenters. The zero-order valence-electron chi connectivity index (χ0n) is 10.8. The number of likely N-dealkylation sites (tertiary alicyclic amines) is 1. The Morgan fingerprint density at radius 1 is 1.50 bits per heavy atom. The smallest absolute Gasteiger partial charge is 0.119 e. The van der Waals surface area contributed by atoms with Crippen molar-refractivity contribution in [1.82, 2.24) is 4.90 Å². The molecule has 1 heterocycles. The van der Waals surface area contributed by atoms with Gasteiger partial charge in [-0.25, -0.2) is 0 Å². The first-order valence-corrected chi connectivity index (χ1v) is 7.52. The average Bonchev–Trinajstić information content (AvgIpc) is 2.36. The lowest BCUT2D eigenvalue weighted by atomic mass is 9.98. The molecule has 18 heavy (non-hydrogen) atoms. The number of methoxy groups -OCH3 is 1. The quantitative estimate of drug-likeness (QED) is 0.778. The van der Waals surface area contributed by atoms with E-state index in [1.165, 1.54) is 12.0 Å². The van der Waals surface area contributed by atoms with Crippen molar-refractivity contribution in [3.63, 3.8) is 0 Å². The summed E-state index contributed by atoms with van der Waals surface area (Å²) in [4.78, 5) is 2.41. The molecule has 0 aromatic heterocycles. The maximum Gasteiger partial charge on any atom is 0.119 e. The van der Waals surface area contributed by atoms with Crippen LogP contribution in [0.4, 0.5) is 0 Å². The van der Waals surface area contributed by atoms with Crippen LogP contribution in [-0.2, 0) is 6.54 Å². The Hall–Kier alpha value is -0.250. The van der Waals surface area contributed by atoms with Gasteiger partial charge in [-0.1, -0.05) is 22.9 Å². The van der Waals surface area contributed by atoms with E-state index in [1.807, 2.05) is 12.1 Å². The van der Waals surface area contributed by atoms with Gasteiger partial charge < -0.3 is 4.74 Å². The number of piperidine rings is 1. The maximum atomic E-state index is 6.35. The first-order valence-electron chi connectivity index (χ1n) is 6.29. The van der Waals surface area contributed by atoms with E-state index < -0.39 is 0 Å². The summed E-state index contributed by atoms with van der Waals surface area (Å²) in [7, 11) is 1.70. The molecule has 100 valence electrons. The molecule has 0 N–H and O–H groups in total. The second-order valence-electron chi connectivity index (χ2n) is 4.97. The summed E-state index contributed by atoms with van der Waals surface area (Å²) in [5.74, 6) is 1.53. The number of hydrogen-bond donors (Lipinski definition) is 0. The highest BCUT2D eigenvalue weighted by Gasteiger charge is 2.24. The maximum absolute atomic E-state index is 6.35. The first kappa shape index (κ1) is 14.2. The minimum atomic E-state index is 0.267. The van der Waals surface area contributed by atoms with Gasteiger partial charge in [0.25, 0.3) is 0 Å². The van der Waals surface area contributed by atoms with Crippen LogP contribution in [0.3, 0.4) is 0 Å². The van der Waals surface area contributed by atoms with Gasteiger partial charge in [-0.3, -0.25) is 4.90 Å². The third-order valence-corrected chi connectivity index (χ3v) is 4.94. The molecule has 1 aliphatic rings. The van der Waals surface area contributed by atoms with E-state index in [1.54, 1.807) is 7.11 Å². The number of ether oxygens (including phenoxy) is 1. The highest BCUT2D eigenvalue weighted by atomic mass is 79.9. The van der Waals surface area contributed by atoms with Gasteiger partial charge in [0.05, 0.1) is 7.11 Å². The Morgan fingerprint density at radius 3 is 2.94 bits per heavy atom. The van der Waals surface area contributed by atoms with Crippen molar-refractivity contribution in [3.8, 4) is 5.75 Å². The van der Waals surface area contributed by atoms with Gasteiger partial charge in [0.15, 0.2) is 0 Å². The van der Waals surface area contributed by atoms with Crippen LogP contribution in [0.25, 0.3) is 0 Å². The molecule has 1 fully saturated rings. The van der Waals surface area contributed by atoms with Crippen LogP contribution in [0.5, 0.6) is 5.75 Å². The molecule has 0 bridgehead atoms. The molecule has 0 saturated carbocycles. The Labute approximate surface area is 122 Å². The van der Waals surface area contributed by atoms with Crippen LogP contribution < -0.4 is 4.74 Å². The zero-order chi connectivity index (χ0) is 13.1. The Bertz CT molecular complexity index is 413. The molecule has 0 radical (unpaired) electrons.